The van der Waals surface area contributed by atoms with Crippen LogP contribution in [0.4, 0.5) is 5.69 Å². The number of nitrogens with zero attached hydrogens (tertiary/aromatic N) is 2. The van der Waals surface area contributed by atoms with Crippen LogP contribution in [0.1, 0.15) is 68.7 Å². The fourth-order valence-electron chi connectivity index (χ4n) is 3.84. The maximum atomic E-state index is 12.9. The summed E-state index contributed by atoms with van der Waals surface area (Å²) >= 11 is 3.13. The van der Waals surface area contributed by atoms with Crippen molar-refractivity contribution in [2.24, 2.45) is 0 Å². The predicted molar refractivity (Wildman–Crippen MR) is 155 cm³/mol. The zero-order valence-electron chi connectivity index (χ0n) is 22.3. The van der Waals surface area contributed by atoms with Crippen LogP contribution in [0, 0.1) is 6.92 Å². The molecule has 0 saturated carbocycles. The van der Waals surface area contributed by atoms with E-state index < -0.39 is 0 Å². The van der Waals surface area contributed by atoms with Crippen LogP contribution in [-0.2, 0) is 13.1 Å². The summed E-state index contributed by atoms with van der Waals surface area (Å²) in [5.41, 5.74) is 5.60. The number of carbonyl (C=O) groups is 2. The topological polar surface area (TPSA) is 86.4 Å². The van der Waals surface area contributed by atoms with E-state index in [-0.39, 0.29) is 11.8 Å². The van der Waals surface area contributed by atoms with Gasteiger partial charge in [0.2, 0.25) is 0 Å². The lowest BCUT2D eigenvalue weighted by Gasteiger charge is -2.16. The molecule has 0 saturated heterocycles. The third-order valence-corrected chi connectivity index (χ3v) is 7.20. The van der Waals surface area contributed by atoms with Crippen LogP contribution in [0.2, 0.25) is 0 Å². The van der Waals surface area contributed by atoms with Gasteiger partial charge in [-0.2, -0.15) is 0 Å². The van der Waals surface area contributed by atoms with Crippen LogP contribution in [0.5, 0.6) is 0 Å². The molecule has 0 spiro atoms. The highest BCUT2D eigenvalue weighted by molar-refractivity contribution is 7.99. The average molecular weight is 540 g/mol. The number of aromatic nitrogens is 1. The average Bonchev–Trinajstić information content (AvgIpc) is 3.29. The molecule has 9 heteroatoms. The Bertz CT molecular complexity index is 1190. The first kappa shape index (κ1) is 28.7. The number of hydrogen-bond donors (Lipinski definition) is 3. The molecule has 0 radical (unpaired) electrons. The summed E-state index contributed by atoms with van der Waals surface area (Å²) in [6.07, 6.45) is 2.83. The van der Waals surface area contributed by atoms with E-state index in [4.69, 9.17) is 0 Å². The van der Waals surface area contributed by atoms with Crippen molar-refractivity contribution in [2.45, 2.75) is 46.2 Å². The Kier molecular flexibility index (Phi) is 11.0. The summed E-state index contributed by atoms with van der Waals surface area (Å²) in [5.74, 6) is 0.156. The molecule has 0 bridgehead atoms. The van der Waals surface area contributed by atoms with Gasteiger partial charge in [0.05, 0.1) is 6.54 Å². The van der Waals surface area contributed by atoms with E-state index in [0.29, 0.717) is 30.1 Å². The molecule has 37 heavy (non-hydrogen) atoms. The van der Waals surface area contributed by atoms with Crippen molar-refractivity contribution in [2.75, 3.05) is 31.1 Å². The van der Waals surface area contributed by atoms with E-state index in [1.165, 1.54) is 22.5 Å². The highest BCUT2D eigenvalue weighted by Gasteiger charge is 2.15. The molecule has 0 atom stereocenters. The lowest BCUT2D eigenvalue weighted by molar-refractivity contribution is 0.0785. The summed E-state index contributed by atoms with van der Waals surface area (Å²) in [7, 11) is 1.75. The second kappa shape index (κ2) is 14.2. The number of hydrogen-bond acceptors (Lipinski definition) is 7. The lowest BCUT2D eigenvalue weighted by atomic mass is 10.00. The molecule has 0 unspecified atom stereocenters. The van der Waals surface area contributed by atoms with Gasteiger partial charge in [-0.1, -0.05) is 37.9 Å². The molecular formula is C28H37N5O2S2. The van der Waals surface area contributed by atoms with E-state index in [1.807, 2.05) is 18.6 Å². The molecule has 0 aliphatic carbocycles. The van der Waals surface area contributed by atoms with E-state index >= 15 is 0 Å². The maximum absolute atomic E-state index is 12.9. The Morgan fingerprint density at radius 3 is 2.59 bits per heavy atom. The summed E-state index contributed by atoms with van der Waals surface area (Å²) in [6, 6.07) is 13.5. The Morgan fingerprint density at radius 1 is 1.11 bits per heavy atom. The van der Waals surface area contributed by atoms with Gasteiger partial charge in [-0.05, 0) is 67.3 Å². The fourth-order valence-corrected chi connectivity index (χ4v) is 5.02. The van der Waals surface area contributed by atoms with E-state index in [1.54, 1.807) is 48.2 Å². The number of amides is 2. The van der Waals surface area contributed by atoms with Gasteiger partial charge < -0.3 is 20.3 Å². The lowest BCUT2D eigenvalue weighted by Crippen LogP contribution is -2.28. The Hall–Kier alpha value is -2.88. The first-order valence-electron chi connectivity index (χ1n) is 12.4. The van der Waals surface area contributed by atoms with Gasteiger partial charge in [0.25, 0.3) is 11.8 Å². The second-order valence-corrected chi connectivity index (χ2v) is 10.9. The quantitative estimate of drug-likeness (QED) is 0.198. The van der Waals surface area contributed by atoms with Gasteiger partial charge in [0.1, 0.15) is 5.01 Å². The van der Waals surface area contributed by atoms with Gasteiger partial charge >= 0.3 is 0 Å². The van der Waals surface area contributed by atoms with Crippen LogP contribution in [0.3, 0.4) is 0 Å². The predicted octanol–water partition coefficient (Wildman–Crippen LogP) is 5.45. The highest BCUT2D eigenvalue weighted by atomic mass is 32.2. The Labute approximate surface area is 228 Å². The van der Waals surface area contributed by atoms with Crippen LogP contribution in [0.25, 0.3) is 0 Å². The zero-order chi connectivity index (χ0) is 26.8. The number of anilines is 1. The fraction of sp³-hybridized carbons (Fsp3) is 0.393. The van der Waals surface area contributed by atoms with Crippen LogP contribution in [0.15, 0.2) is 47.8 Å². The van der Waals surface area contributed by atoms with Gasteiger partial charge in [-0.15, -0.1) is 11.3 Å². The van der Waals surface area contributed by atoms with Gasteiger partial charge in [-0.25, -0.2) is 4.98 Å². The van der Waals surface area contributed by atoms with Crippen LogP contribution in [-0.4, -0.2) is 48.1 Å². The number of rotatable bonds is 13. The molecule has 0 aliphatic rings. The van der Waals surface area contributed by atoms with Crippen molar-refractivity contribution in [1.29, 1.82) is 0 Å². The normalized spacial score (nSPS) is 11.0. The number of nitrogens with one attached hydrogen (secondary N) is 3. The van der Waals surface area contributed by atoms with Crippen LogP contribution >= 0.6 is 23.3 Å². The highest BCUT2D eigenvalue weighted by Crippen LogP contribution is 2.23. The summed E-state index contributed by atoms with van der Waals surface area (Å²) in [4.78, 5) is 31.6. The molecule has 7 nitrogen and oxygen atoms in total. The molecule has 3 N–H and O–H groups in total. The summed E-state index contributed by atoms with van der Waals surface area (Å²) in [6.45, 7) is 8.89. The van der Waals surface area contributed by atoms with Gasteiger partial charge in [-0.3, -0.25) is 9.59 Å². The Balaban J connectivity index is 1.44. The minimum Gasteiger partial charge on any atom is -0.352 e. The standard InChI is InChI=1S/C28H37N5O2S2/c1-19(2)24-12-21(13-25(15-24)32-36-5)16-29-10-7-11-30-27(34)22-8-6-9-23(14-22)28(35)33(4)17-26-31-20(3)18-37-26/h6,8-9,12-15,18-19,29,32H,7,10-11,16-17H2,1-5H3,(H,30,34). The van der Waals surface area contributed by atoms with E-state index in [9.17, 15) is 9.59 Å². The van der Waals surface area contributed by atoms with Crippen molar-refractivity contribution in [1.82, 2.24) is 20.5 Å². The SMILES string of the molecule is CSNc1cc(CNCCCNC(=O)c2cccc(C(=O)N(C)Cc3nc(C)cs3)c2)cc(C(C)C)c1. The zero-order valence-corrected chi connectivity index (χ0v) is 23.9. The number of carbonyl (C=O) groups excluding carboxylic acids is 2. The molecule has 3 aromatic rings. The largest absolute Gasteiger partial charge is 0.352 e. The molecule has 2 aromatic carbocycles. The Morgan fingerprint density at radius 2 is 1.89 bits per heavy atom. The number of thiazole rings is 1. The maximum Gasteiger partial charge on any atom is 0.253 e. The monoisotopic (exact) mass is 539 g/mol. The van der Waals surface area contributed by atoms with Gasteiger partial charge in [0, 0.05) is 54.3 Å². The van der Waals surface area contributed by atoms with Gasteiger partial charge in [0.15, 0.2) is 0 Å². The minimum absolute atomic E-state index is 0.135. The smallest absolute Gasteiger partial charge is 0.253 e. The third-order valence-electron chi connectivity index (χ3n) is 5.80. The number of aryl methyl sites for hydroxylation is 1. The molecule has 2 amide bonds. The molecule has 0 fully saturated rings. The van der Waals surface area contributed by atoms with Crippen LogP contribution < -0.4 is 15.4 Å². The molecular weight excluding hydrogens is 502 g/mol. The van der Waals surface area contributed by atoms with E-state index in [2.05, 4.69) is 52.4 Å². The van der Waals surface area contributed by atoms with Crippen molar-refractivity contribution < 1.29 is 9.59 Å². The molecule has 1 aromatic heterocycles. The molecule has 0 aliphatic heterocycles. The minimum atomic E-state index is -0.176. The number of benzene rings is 2. The first-order valence-corrected chi connectivity index (χ1v) is 14.6. The molecule has 1 heterocycles. The second-order valence-electron chi connectivity index (χ2n) is 9.34. The first-order chi connectivity index (χ1) is 17.8. The third kappa shape index (κ3) is 8.87. The van der Waals surface area contributed by atoms with Crippen molar-refractivity contribution in [3.63, 3.8) is 0 Å². The summed E-state index contributed by atoms with van der Waals surface area (Å²) in [5, 5.41) is 9.29. The van der Waals surface area contributed by atoms with E-state index in [0.717, 1.165) is 35.9 Å². The molecule has 198 valence electrons. The molecule has 3 rings (SSSR count). The summed E-state index contributed by atoms with van der Waals surface area (Å²) < 4.78 is 3.33. The van der Waals surface area contributed by atoms with Crippen molar-refractivity contribution >= 4 is 40.8 Å². The van der Waals surface area contributed by atoms with Crippen molar-refractivity contribution in [3.8, 4) is 0 Å². The van der Waals surface area contributed by atoms with Crippen molar-refractivity contribution in [3.05, 3.63) is 80.8 Å².